The molecule has 25 heavy (non-hydrogen) atoms. The first-order chi connectivity index (χ1) is 12.2. The molecule has 0 radical (unpaired) electrons. The first kappa shape index (κ1) is 19.2. The number of nitrogens with zero attached hydrogens (tertiary/aromatic N) is 2. The summed E-state index contributed by atoms with van der Waals surface area (Å²) in [5.41, 5.74) is 0.979. The summed E-state index contributed by atoms with van der Waals surface area (Å²) in [7, 11) is 0. The summed E-state index contributed by atoms with van der Waals surface area (Å²) >= 11 is 0. The van der Waals surface area contributed by atoms with Crippen molar-refractivity contribution in [2.45, 2.75) is 52.9 Å². The highest BCUT2D eigenvalue weighted by Gasteiger charge is 2.04. The molecule has 0 aliphatic carbocycles. The van der Waals surface area contributed by atoms with Crippen LogP contribution < -0.4 is 9.47 Å². The number of ether oxygens (including phenoxy) is 2. The molecule has 0 aliphatic rings. The van der Waals surface area contributed by atoms with Gasteiger partial charge in [-0.2, -0.15) is 0 Å². The summed E-state index contributed by atoms with van der Waals surface area (Å²) in [6, 6.07) is 7.94. The molecule has 0 saturated heterocycles. The number of aromatic nitrogens is 2. The molecule has 0 amide bonds. The van der Waals surface area contributed by atoms with E-state index >= 15 is 0 Å². The lowest BCUT2D eigenvalue weighted by molar-refractivity contribution is 0.282. The Morgan fingerprint density at radius 2 is 1.56 bits per heavy atom. The van der Waals surface area contributed by atoms with Crippen LogP contribution >= 0.6 is 0 Å². The first-order valence-electron chi connectivity index (χ1n) is 9.41. The number of benzene rings is 1. The lowest BCUT2D eigenvalue weighted by Gasteiger charge is -2.10. The van der Waals surface area contributed by atoms with Crippen LogP contribution in [0, 0.1) is 5.92 Å². The largest absolute Gasteiger partial charge is 0.494 e. The maximum atomic E-state index is 5.79. The average molecular weight is 342 g/mol. The average Bonchev–Trinajstić information content (AvgIpc) is 2.66. The van der Waals surface area contributed by atoms with Crippen molar-refractivity contribution in [2.75, 3.05) is 13.2 Å². The van der Waals surface area contributed by atoms with Crippen molar-refractivity contribution in [2.24, 2.45) is 5.92 Å². The monoisotopic (exact) mass is 342 g/mol. The van der Waals surface area contributed by atoms with E-state index in [1.54, 1.807) is 12.4 Å². The van der Waals surface area contributed by atoms with Crippen molar-refractivity contribution < 1.29 is 9.47 Å². The Bertz CT molecular complexity index is 596. The minimum atomic E-state index is 0.701. The molecule has 0 bridgehead atoms. The molecule has 1 aromatic carbocycles. The van der Waals surface area contributed by atoms with Gasteiger partial charge in [-0.1, -0.05) is 40.0 Å². The van der Waals surface area contributed by atoms with Gasteiger partial charge in [0.05, 0.1) is 25.6 Å². The van der Waals surface area contributed by atoms with Crippen molar-refractivity contribution in [1.82, 2.24) is 9.97 Å². The number of unbranched alkanes of at least 4 members (excludes halogenated alkanes) is 2. The van der Waals surface area contributed by atoms with Crippen LogP contribution in [0.25, 0.3) is 11.4 Å². The molecule has 1 heterocycles. The van der Waals surface area contributed by atoms with Gasteiger partial charge in [0.15, 0.2) is 11.6 Å². The van der Waals surface area contributed by atoms with E-state index in [1.807, 2.05) is 24.3 Å². The van der Waals surface area contributed by atoms with Gasteiger partial charge in [-0.3, -0.25) is 0 Å². The molecular formula is C21H30N2O2. The Morgan fingerprint density at radius 3 is 2.20 bits per heavy atom. The minimum absolute atomic E-state index is 0.701. The second-order valence-corrected chi connectivity index (χ2v) is 6.47. The molecule has 2 rings (SSSR count). The van der Waals surface area contributed by atoms with Gasteiger partial charge in [0.25, 0.3) is 0 Å². The fraction of sp³-hybridized carbons (Fsp3) is 0.524. The molecule has 0 spiro atoms. The number of hydrogen-bond acceptors (Lipinski definition) is 4. The SMILES string of the molecule is CCCCCOc1cnc(-c2ccc(OCCC(C)CC)cc2)nc1. The molecule has 0 saturated carbocycles. The fourth-order valence-corrected chi connectivity index (χ4v) is 2.36. The minimum Gasteiger partial charge on any atom is -0.494 e. The molecule has 0 N–H and O–H groups in total. The van der Waals surface area contributed by atoms with E-state index in [2.05, 4.69) is 30.7 Å². The van der Waals surface area contributed by atoms with Crippen LogP contribution in [-0.2, 0) is 0 Å². The summed E-state index contributed by atoms with van der Waals surface area (Å²) in [6.45, 7) is 8.12. The molecule has 1 unspecified atom stereocenters. The highest BCUT2D eigenvalue weighted by Crippen LogP contribution is 2.21. The zero-order valence-corrected chi connectivity index (χ0v) is 15.7. The van der Waals surface area contributed by atoms with Crippen LogP contribution in [-0.4, -0.2) is 23.2 Å². The second kappa shape index (κ2) is 10.7. The topological polar surface area (TPSA) is 44.2 Å². The van der Waals surface area contributed by atoms with Crippen molar-refractivity contribution in [3.8, 4) is 22.9 Å². The molecule has 0 fully saturated rings. The van der Waals surface area contributed by atoms with Crippen LogP contribution in [0.2, 0.25) is 0 Å². The zero-order valence-electron chi connectivity index (χ0n) is 15.7. The maximum Gasteiger partial charge on any atom is 0.159 e. The molecule has 4 nitrogen and oxygen atoms in total. The van der Waals surface area contributed by atoms with Crippen molar-refractivity contribution >= 4 is 0 Å². The summed E-state index contributed by atoms with van der Waals surface area (Å²) < 4.78 is 11.4. The Kier molecular flexibility index (Phi) is 8.23. The molecule has 1 atom stereocenters. The van der Waals surface area contributed by atoms with E-state index in [1.165, 1.54) is 19.3 Å². The van der Waals surface area contributed by atoms with Crippen molar-refractivity contribution in [1.29, 1.82) is 0 Å². The van der Waals surface area contributed by atoms with Crippen LogP contribution in [0.1, 0.15) is 52.9 Å². The quantitative estimate of drug-likeness (QED) is 0.504. The third kappa shape index (κ3) is 6.73. The summed E-state index contributed by atoms with van der Waals surface area (Å²) in [6.07, 6.45) is 9.20. The molecule has 136 valence electrons. The molecule has 4 heteroatoms. The van der Waals surface area contributed by atoms with E-state index in [9.17, 15) is 0 Å². The Morgan fingerprint density at radius 1 is 0.880 bits per heavy atom. The van der Waals surface area contributed by atoms with Crippen LogP contribution in [0.15, 0.2) is 36.7 Å². The summed E-state index contributed by atoms with van der Waals surface area (Å²) in [5.74, 6) is 3.02. The predicted octanol–water partition coefficient (Wildman–Crippen LogP) is 5.53. The van der Waals surface area contributed by atoms with Gasteiger partial charge in [0.1, 0.15) is 5.75 Å². The van der Waals surface area contributed by atoms with Gasteiger partial charge < -0.3 is 9.47 Å². The Hall–Kier alpha value is -2.10. The number of rotatable bonds is 11. The van der Waals surface area contributed by atoms with Gasteiger partial charge in [-0.05, 0) is 43.0 Å². The summed E-state index contributed by atoms with van der Waals surface area (Å²) in [5, 5.41) is 0. The lowest BCUT2D eigenvalue weighted by Crippen LogP contribution is -2.03. The molecule has 0 aliphatic heterocycles. The lowest BCUT2D eigenvalue weighted by atomic mass is 10.1. The van der Waals surface area contributed by atoms with Gasteiger partial charge in [0.2, 0.25) is 0 Å². The second-order valence-electron chi connectivity index (χ2n) is 6.47. The van der Waals surface area contributed by atoms with Crippen LogP contribution in [0.4, 0.5) is 0 Å². The van der Waals surface area contributed by atoms with Crippen molar-refractivity contribution in [3.05, 3.63) is 36.7 Å². The fourth-order valence-electron chi connectivity index (χ4n) is 2.36. The highest BCUT2D eigenvalue weighted by atomic mass is 16.5. The van der Waals surface area contributed by atoms with Gasteiger partial charge in [-0.15, -0.1) is 0 Å². The maximum absolute atomic E-state index is 5.79. The van der Waals surface area contributed by atoms with Gasteiger partial charge in [-0.25, -0.2) is 9.97 Å². The van der Waals surface area contributed by atoms with E-state index in [0.717, 1.165) is 43.1 Å². The normalized spacial score (nSPS) is 12.0. The van der Waals surface area contributed by atoms with E-state index in [0.29, 0.717) is 11.7 Å². The van der Waals surface area contributed by atoms with Gasteiger partial charge in [0, 0.05) is 5.56 Å². The third-order valence-corrected chi connectivity index (χ3v) is 4.33. The number of hydrogen-bond donors (Lipinski definition) is 0. The third-order valence-electron chi connectivity index (χ3n) is 4.33. The molecule has 1 aromatic heterocycles. The van der Waals surface area contributed by atoms with E-state index < -0.39 is 0 Å². The van der Waals surface area contributed by atoms with Gasteiger partial charge >= 0.3 is 0 Å². The van der Waals surface area contributed by atoms with E-state index in [4.69, 9.17) is 9.47 Å². The molecular weight excluding hydrogens is 312 g/mol. The smallest absolute Gasteiger partial charge is 0.159 e. The van der Waals surface area contributed by atoms with Crippen molar-refractivity contribution in [3.63, 3.8) is 0 Å². The predicted molar refractivity (Wildman–Crippen MR) is 102 cm³/mol. The standard InChI is InChI=1S/C21H30N2O2/c1-4-6-7-13-24-20-15-22-21(23-16-20)18-8-10-19(11-9-18)25-14-12-17(3)5-2/h8-11,15-17H,4-7,12-14H2,1-3H3. The first-order valence-corrected chi connectivity index (χ1v) is 9.41. The van der Waals surface area contributed by atoms with Crippen LogP contribution in [0.3, 0.4) is 0 Å². The summed E-state index contributed by atoms with van der Waals surface area (Å²) in [4.78, 5) is 8.79. The zero-order chi connectivity index (χ0) is 17.9. The Balaban J connectivity index is 1.84. The van der Waals surface area contributed by atoms with Crippen LogP contribution in [0.5, 0.6) is 11.5 Å². The van der Waals surface area contributed by atoms with E-state index in [-0.39, 0.29) is 0 Å². The molecule has 2 aromatic rings. The Labute approximate surface area is 151 Å². The highest BCUT2D eigenvalue weighted by molar-refractivity contribution is 5.56.